The van der Waals surface area contributed by atoms with E-state index in [0.717, 1.165) is 24.0 Å². The molecule has 1 N–H and O–H groups in total. The fraction of sp³-hybridized carbons (Fsp3) is 0.235. The summed E-state index contributed by atoms with van der Waals surface area (Å²) in [5.74, 6) is 0.421. The first-order valence-corrected chi connectivity index (χ1v) is 7.15. The van der Waals surface area contributed by atoms with Gasteiger partial charge in [0, 0.05) is 5.02 Å². The Balaban J connectivity index is 2.23. The lowest BCUT2D eigenvalue weighted by Crippen LogP contribution is -2.21. The molecule has 2 nitrogen and oxygen atoms in total. The number of carbonyl (C=O) groups is 1. The summed E-state index contributed by atoms with van der Waals surface area (Å²) in [7, 11) is 0. The topological polar surface area (TPSA) is 29.1 Å². The van der Waals surface area contributed by atoms with Crippen molar-refractivity contribution in [2.45, 2.75) is 25.3 Å². The van der Waals surface area contributed by atoms with Crippen molar-refractivity contribution in [3.63, 3.8) is 0 Å². The van der Waals surface area contributed by atoms with Crippen LogP contribution in [0.1, 0.15) is 41.1 Å². The van der Waals surface area contributed by atoms with Crippen molar-refractivity contribution < 1.29 is 4.79 Å². The van der Waals surface area contributed by atoms with Crippen LogP contribution in [0, 0.1) is 0 Å². The summed E-state index contributed by atoms with van der Waals surface area (Å²) in [5.41, 5.74) is 4.80. The summed E-state index contributed by atoms with van der Waals surface area (Å²) >= 11 is 6.14. The van der Waals surface area contributed by atoms with Gasteiger partial charge < -0.3 is 5.32 Å². The highest BCUT2D eigenvalue weighted by atomic mass is 35.5. The molecule has 0 saturated heterocycles. The quantitative estimate of drug-likeness (QED) is 0.835. The number of rotatable bonds is 2. The van der Waals surface area contributed by atoms with Crippen molar-refractivity contribution in [1.29, 1.82) is 0 Å². The van der Waals surface area contributed by atoms with E-state index in [-0.39, 0.29) is 6.04 Å². The number of fused-ring (bicyclic) bond motifs is 2. The number of benzene rings is 2. The van der Waals surface area contributed by atoms with E-state index in [1.807, 2.05) is 18.2 Å². The van der Waals surface area contributed by atoms with Gasteiger partial charge in [0.15, 0.2) is 0 Å². The number of hydrogen-bond donors (Lipinski definition) is 1. The van der Waals surface area contributed by atoms with Gasteiger partial charge in [-0.25, -0.2) is 0 Å². The van der Waals surface area contributed by atoms with Crippen LogP contribution < -0.4 is 5.32 Å². The molecular formula is C17H16ClNO. The van der Waals surface area contributed by atoms with E-state index in [1.54, 1.807) is 0 Å². The van der Waals surface area contributed by atoms with Crippen LogP contribution in [0.25, 0.3) is 0 Å². The molecule has 0 saturated carbocycles. The van der Waals surface area contributed by atoms with Crippen molar-refractivity contribution in [3.05, 3.63) is 69.7 Å². The van der Waals surface area contributed by atoms with Crippen molar-refractivity contribution >= 4 is 18.0 Å². The second-order valence-corrected chi connectivity index (χ2v) is 5.73. The average Bonchev–Trinajstić information content (AvgIpc) is 2.57. The number of nitrogens with one attached hydrogen (secondary N) is 1. The Morgan fingerprint density at radius 2 is 1.90 bits per heavy atom. The van der Waals surface area contributed by atoms with Crippen molar-refractivity contribution in [3.8, 4) is 0 Å². The zero-order valence-corrected chi connectivity index (χ0v) is 12.0. The highest BCUT2D eigenvalue weighted by molar-refractivity contribution is 6.30. The van der Waals surface area contributed by atoms with Gasteiger partial charge >= 0.3 is 0 Å². The smallest absolute Gasteiger partial charge is 0.207 e. The molecule has 0 spiro atoms. The van der Waals surface area contributed by atoms with Crippen molar-refractivity contribution in [2.75, 3.05) is 0 Å². The lowest BCUT2D eigenvalue weighted by atomic mass is 9.92. The first kappa shape index (κ1) is 13.2. The van der Waals surface area contributed by atoms with Crippen LogP contribution in [0.4, 0.5) is 0 Å². The fourth-order valence-electron chi connectivity index (χ4n) is 3.10. The summed E-state index contributed by atoms with van der Waals surface area (Å²) in [4.78, 5) is 11.0. The molecule has 3 rings (SSSR count). The lowest BCUT2D eigenvalue weighted by Gasteiger charge is -2.20. The Kier molecular flexibility index (Phi) is 3.49. The van der Waals surface area contributed by atoms with Gasteiger partial charge in [0.2, 0.25) is 6.41 Å². The van der Waals surface area contributed by atoms with E-state index >= 15 is 0 Å². The van der Waals surface area contributed by atoms with Crippen LogP contribution in [0.5, 0.6) is 0 Å². The van der Waals surface area contributed by atoms with Gasteiger partial charge in [-0.3, -0.25) is 4.79 Å². The second-order valence-electron chi connectivity index (χ2n) is 5.29. The lowest BCUT2D eigenvalue weighted by molar-refractivity contribution is -0.110. The van der Waals surface area contributed by atoms with Gasteiger partial charge in [0.05, 0.1) is 6.04 Å². The van der Waals surface area contributed by atoms with Crippen LogP contribution in [0.2, 0.25) is 5.02 Å². The molecule has 0 bridgehead atoms. The maximum absolute atomic E-state index is 11.0. The average molecular weight is 286 g/mol. The Labute approximate surface area is 123 Å². The number of halogens is 1. The second kappa shape index (κ2) is 5.29. The third kappa shape index (κ3) is 2.20. The standard InChI is InChI=1S/C17H16ClNO/c1-11-8-12-6-7-13(18)9-16(12)17(19-10-20)15-5-3-2-4-14(11)15/h2-7,9-11,17H,8H2,1H3,(H,19,20). The van der Waals surface area contributed by atoms with Gasteiger partial charge in [-0.05, 0) is 46.7 Å². The molecule has 2 unspecified atom stereocenters. The zero-order chi connectivity index (χ0) is 14.1. The minimum absolute atomic E-state index is 0.123. The number of amides is 1. The van der Waals surface area contributed by atoms with Crippen LogP contribution in [0.15, 0.2) is 42.5 Å². The van der Waals surface area contributed by atoms with E-state index in [2.05, 4.69) is 36.5 Å². The molecule has 1 amide bonds. The first-order valence-electron chi connectivity index (χ1n) is 6.77. The summed E-state index contributed by atoms with van der Waals surface area (Å²) in [6.45, 7) is 2.22. The minimum atomic E-state index is -0.123. The van der Waals surface area contributed by atoms with E-state index in [0.29, 0.717) is 10.9 Å². The molecule has 1 aliphatic carbocycles. The first-order chi connectivity index (χ1) is 9.70. The molecule has 2 aromatic carbocycles. The number of hydrogen-bond acceptors (Lipinski definition) is 1. The van der Waals surface area contributed by atoms with Gasteiger partial charge in [0.25, 0.3) is 0 Å². The molecular weight excluding hydrogens is 270 g/mol. The Hall–Kier alpha value is -1.80. The Morgan fingerprint density at radius 3 is 2.65 bits per heavy atom. The molecule has 3 heteroatoms. The van der Waals surface area contributed by atoms with Crippen molar-refractivity contribution in [2.24, 2.45) is 0 Å². The molecule has 20 heavy (non-hydrogen) atoms. The fourth-order valence-corrected chi connectivity index (χ4v) is 3.28. The van der Waals surface area contributed by atoms with Gasteiger partial charge in [-0.1, -0.05) is 48.9 Å². The highest BCUT2D eigenvalue weighted by Gasteiger charge is 2.26. The normalized spacial score (nSPS) is 20.5. The molecule has 2 aromatic rings. The monoisotopic (exact) mass is 285 g/mol. The highest BCUT2D eigenvalue weighted by Crippen LogP contribution is 2.38. The molecule has 0 radical (unpaired) electrons. The summed E-state index contributed by atoms with van der Waals surface area (Å²) in [5, 5.41) is 3.65. The molecule has 0 heterocycles. The van der Waals surface area contributed by atoms with Crippen LogP contribution in [-0.2, 0) is 11.2 Å². The molecule has 102 valence electrons. The molecule has 0 fully saturated rings. The van der Waals surface area contributed by atoms with Gasteiger partial charge in [-0.2, -0.15) is 0 Å². The Bertz CT molecular complexity index is 653. The third-order valence-corrected chi connectivity index (χ3v) is 4.25. The van der Waals surface area contributed by atoms with Crippen LogP contribution in [0.3, 0.4) is 0 Å². The maximum atomic E-state index is 11.0. The summed E-state index contributed by atoms with van der Waals surface area (Å²) < 4.78 is 0. The van der Waals surface area contributed by atoms with Gasteiger partial charge in [0.1, 0.15) is 0 Å². The SMILES string of the molecule is CC1Cc2ccc(Cl)cc2C(NC=O)c2ccccc21. The predicted octanol–water partition coefficient (Wildman–Crippen LogP) is 3.84. The molecule has 0 aliphatic heterocycles. The van der Waals surface area contributed by atoms with E-state index in [9.17, 15) is 4.79 Å². The third-order valence-electron chi connectivity index (χ3n) is 4.02. The van der Waals surface area contributed by atoms with Gasteiger partial charge in [-0.15, -0.1) is 0 Å². The Morgan fingerprint density at radius 1 is 1.15 bits per heavy atom. The van der Waals surface area contributed by atoms with E-state index in [4.69, 9.17) is 11.6 Å². The maximum Gasteiger partial charge on any atom is 0.207 e. The molecule has 1 aliphatic rings. The zero-order valence-electron chi connectivity index (χ0n) is 11.3. The summed E-state index contributed by atoms with van der Waals surface area (Å²) in [6.07, 6.45) is 1.72. The predicted molar refractivity (Wildman–Crippen MR) is 81.1 cm³/mol. The van der Waals surface area contributed by atoms with Crippen LogP contribution >= 0.6 is 11.6 Å². The van der Waals surface area contributed by atoms with E-state index in [1.165, 1.54) is 11.1 Å². The molecule has 2 atom stereocenters. The minimum Gasteiger partial charge on any atom is -0.348 e. The van der Waals surface area contributed by atoms with Crippen molar-refractivity contribution in [1.82, 2.24) is 5.32 Å². The largest absolute Gasteiger partial charge is 0.348 e. The van der Waals surface area contributed by atoms with Crippen LogP contribution in [-0.4, -0.2) is 6.41 Å². The molecule has 0 aromatic heterocycles. The van der Waals surface area contributed by atoms with E-state index < -0.39 is 0 Å². The number of carbonyl (C=O) groups excluding carboxylic acids is 1. The summed E-state index contributed by atoms with van der Waals surface area (Å²) in [6, 6.07) is 14.1.